The van der Waals surface area contributed by atoms with Gasteiger partial charge in [-0.2, -0.15) is 0 Å². The highest BCUT2D eigenvalue weighted by Gasteiger charge is 2.31. The largest absolute Gasteiger partial charge is 0.490 e. The SMILES string of the molecule is Cc1cnccc1OC1CCN(C(=O)[C@H]2CCOC2)CC1. The fourth-order valence-electron chi connectivity index (χ4n) is 2.95. The molecule has 0 aromatic carbocycles. The minimum Gasteiger partial charge on any atom is -0.490 e. The molecule has 0 aliphatic carbocycles. The molecule has 0 unspecified atom stereocenters. The number of aromatic nitrogens is 1. The summed E-state index contributed by atoms with van der Waals surface area (Å²) >= 11 is 0. The summed E-state index contributed by atoms with van der Waals surface area (Å²) in [5, 5.41) is 0. The lowest BCUT2D eigenvalue weighted by molar-refractivity contribution is -0.137. The highest BCUT2D eigenvalue weighted by atomic mass is 16.5. The Kier molecular flexibility index (Phi) is 4.39. The van der Waals surface area contributed by atoms with Crippen LogP contribution in [0.1, 0.15) is 24.8 Å². The van der Waals surface area contributed by atoms with Gasteiger partial charge in [-0.15, -0.1) is 0 Å². The van der Waals surface area contributed by atoms with Gasteiger partial charge in [-0.1, -0.05) is 0 Å². The maximum Gasteiger partial charge on any atom is 0.228 e. The number of carbonyl (C=O) groups excluding carboxylic acids is 1. The molecule has 3 heterocycles. The van der Waals surface area contributed by atoms with Gasteiger partial charge in [0.25, 0.3) is 0 Å². The Bertz CT molecular complexity index is 492. The summed E-state index contributed by atoms with van der Waals surface area (Å²) in [5.41, 5.74) is 1.05. The van der Waals surface area contributed by atoms with Gasteiger partial charge in [0.2, 0.25) is 5.91 Å². The van der Waals surface area contributed by atoms with Gasteiger partial charge in [-0.25, -0.2) is 0 Å². The molecule has 0 saturated carbocycles. The van der Waals surface area contributed by atoms with Gasteiger partial charge in [0.15, 0.2) is 0 Å². The molecule has 0 bridgehead atoms. The van der Waals surface area contributed by atoms with E-state index in [0.29, 0.717) is 6.61 Å². The van der Waals surface area contributed by atoms with Crippen LogP contribution in [0.15, 0.2) is 18.5 Å². The minimum atomic E-state index is 0.0740. The normalized spacial score (nSPS) is 23.3. The summed E-state index contributed by atoms with van der Waals surface area (Å²) in [5.74, 6) is 1.23. The van der Waals surface area contributed by atoms with Crippen LogP contribution >= 0.6 is 0 Å². The Morgan fingerprint density at radius 1 is 1.38 bits per heavy atom. The predicted octanol–water partition coefficient (Wildman–Crippen LogP) is 1.80. The van der Waals surface area contributed by atoms with Crippen molar-refractivity contribution in [2.75, 3.05) is 26.3 Å². The molecular formula is C16H22N2O3. The van der Waals surface area contributed by atoms with E-state index < -0.39 is 0 Å². The smallest absolute Gasteiger partial charge is 0.228 e. The van der Waals surface area contributed by atoms with Crippen LogP contribution in [0.5, 0.6) is 5.75 Å². The molecule has 1 aromatic rings. The molecular weight excluding hydrogens is 268 g/mol. The van der Waals surface area contributed by atoms with Crippen LogP contribution in [0.25, 0.3) is 0 Å². The topological polar surface area (TPSA) is 51.7 Å². The zero-order valence-corrected chi connectivity index (χ0v) is 12.5. The number of carbonyl (C=O) groups is 1. The fraction of sp³-hybridized carbons (Fsp3) is 0.625. The molecule has 2 fully saturated rings. The number of ether oxygens (including phenoxy) is 2. The Morgan fingerprint density at radius 3 is 2.86 bits per heavy atom. The maximum absolute atomic E-state index is 12.3. The van der Waals surface area contributed by atoms with Gasteiger partial charge in [0, 0.05) is 50.5 Å². The van der Waals surface area contributed by atoms with Crippen molar-refractivity contribution in [1.82, 2.24) is 9.88 Å². The molecule has 5 heteroatoms. The molecule has 0 spiro atoms. The molecule has 2 saturated heterocycles. The Labute approximate surface area is 125 Å². The van der Waals surface area contributed by atoms with Crippen LogP contribution in [0, 0.1) is 12.8 Å². The van der Waals surface area contributed by atoms with E-state index in [9.17, 15) is 4.79 Å². The fourth-order valence-corrected chi connectivity index (χ4v) is 2.95. The Hall–Kier alpha value is -1.62. The van der Waals surface area contributed by atoms with E-state index in [-0.39, 0.29) is 17.9 Å². The van der Waals surface area contributed by atoms with Gasteiger partial charge >= 0.3 is 0 Å². The van der Waals surface area contributed by atoms with Gasteiger partial charge in [0.05, 0.1) is 12.5 Å². The number of nitrogens with zero attached hydrogens (tertiary/aromatic N) is 2. The van der Waals surface area contributed by atoms with E-state index >= 15 is 0 Å². The summed E-state index contributed by atoms with van der Waals surface area (Å²) in [6.45, 7) is 4.87. The van der Waals surface area contributed by atoms with Gasteiger partial charge < -0.3 is 14.4 Å². The molecule has 5 nitrogen and oxygen atoms in total. The lowest BCUT2D eigenvalue weighted by atomic mass is 10.0. The highest BCUT2D eigenvalue weighted by molar-refractivity contribution is 5.79. The van der Waals surface area contributed by atoms with Crippen LogP contribution < -0.4 is 4.74 Å². The van der Waals surface area contributed by atoms with Crippen molar-refractivity contribution in [3.8, 4) is 5.75 Å². The van der Waals surface area contributed by atoms with E-state index in [1.54, 1.807) is 6.20 Å². The predicted molar refractivity (Wildman–Crippen MR) is 78.1 cm³/mol. The van der Waals surface area contributed by atoms with Crippen molar-refractivity contribution in [2.45, 2.75) is 32.3 Å². The minimum absolute atomic E-state index is 0.0740. The lowest BCUT2D eigenvalue weighted by Crippen LogP contribution is -2.44. The summed E-state index contributed by atoms with van der Waals surface area (Å²) in [6, 6.07) is 1.91. The number of pyridine rings is 1. The van der Waals surface area contributed by atoms with Crippen molar-refractivity contribution in [3.05, 3.63) is 24.0 Å². The lowest BCUT2D eigenvalue weighted by Gasteiger charge is -2.33. The van der Waals surface area contributed by atoms with E-state index in [4.69, 9.17) is 9.47 Å². The first-order chi connectivity index (χ1) is 10.2. The Balaban J connectivity index is 1.51. The zero-order chi connectivity index (χ0) is 14.7. The van der Waals surface area contributed by atoms with E-state index in [1.807, 2.05) is 24.1 Å². The van der Waals surface area contributed by atoms with E-state index in [1.165, 1.54) is 0 Å². The number of hydrogen-bond donors (Lipinski definition) is 0. The average Bonchev–Trinajstić information content (AvgIpc) is 3.04. The second kappa shape index (κ2) is 6.43. The first-order valence-corrected chi connectivity index (χ1v) is 7.68. The molecule has 21 heavy (non-hydrogen) atoms. The summed E-state index contributed by atoms with van der Waals surface area (Å²) in [6.07, 6.45) is 6.40. The molecule has 1 atom stereocenters. The number of piperidine rings is 1. The van der Waals surface area contributed by atoms with Crippen LogP contribution in [-0.2, 0) is 9.53 Å². The van der Waals surface area contributed by atoms with Crippen molar-refractivity contribution in [2.24, 2.45) is 5.92 Å². The number of hydrogen-bond acceptors (Lipinski definition) is 4. The molecule has 3 rings (SSSR count). The van der Waals surface area contributed by atoms with Crippen molar-refractivity contribution in [3.63, 3.8) is 0 Å². The number of likely N-dealkylation sites (tertiary alicyclic amines) is 1. The molecule has 1 amide bonds. The van der Waals surface area contributed by atoms with E-state index in [2.05, 4.69) is 4.98 Å². The quantitative estimate of drug-likeness (QED) is 0.852. The van der Waals surface area contributed by atoms with Crippen molar-refractivity contribution < 1.29 is 14.3 Å². The molecule has 1 aromatic heterocycles. The summed E-state index contributed by atoms with van der Waals surface area (Å²) in [4.78, 5) is 18.4. The second-order valence-corrected chi connectivity index (χ2v) is 5.84. The molecule has 0 N–H and O–H groups in total. The Morgan fingerprint density at radius 2 is 2.19 bits per heavy atom. The molecule has 114 valence electrons. The third-order valence-corrected chi connectivity index (χ3v) is 4.30. The summed E-state index contributed by atoms with van der Waals surface area (Å²) < 4.78 is 11.3. The molecule has 0 radical (unpaired) electrons. The molecule has 2 aliphatic heterocycles. The van der Waals surface area contributed by atoms with Crippen molar-refractivity contribution >= 4 is 5.91 Å². The van der Waals surface area contributed by atoms with E-state index in [0.717, 1.165) is 50.3 Å². The van der Waals surface area contributed by atoms with Crippen LogP contribution in [0.2, 0.25) is 0 Å². The van der Waals surface area contributed by atoms with Crippen molar-refractivity contribution in [1.29, 1.82) is 0 Å². The summed E-state index contributed by atoms with van der Waals surface area (Å²) in [7, 11) is 0. The third-order valence-electron chi connectivity index (χ3n) is 4.30. The maximum atomic E-state index is 12.3. The average molecular weight is 290 g/mol. The van der Waals surface area contributed by atoms with Gasteiger partial charge in [-0.3, -0.25) is 9.78 Å². The number of aryl methyl sites for hydroxylation is 1. The highest BCUT2D eigenvalue weighted by Crippen LogP contribution is 2.23. The first kappa shape index (κ1) is 14.3. The second-order valence-electron chi connectivity index (χ2n) is 5.84. The standard InChI is InChI=1S/C16H22N2O3/c1-12-10-17-6-2-15(12)21-14-3-7-18(8-4-14)16(19)13-5-9-20-11-13/h2,6,10,13-14H,3-5,7-9,11H2,1H3/t13-/m0/s1. The van der Waals surface area contributed by atoms with Gasteiger partial charge in [-0.05, 0) is 19.4 Å². The number of amides is 1. The van der Waals surface area contributed by atoms with Crippen LogP contribution in [0.4, 0.5) is 0 Å². The monoisotopic (exact) mass is 290 g/mol. The number of rotatable bonds is 3. The zero-order valence-electron chi connectivity index (χ0n) is 12.5. The van der Waals surface area contributed by atoms with Gasteiger partial charge in [0.1, 0.15) is 11.9 Å². The van der Waals surface area contributed by atoms with Crippen LogP contribution in [0.3, 0.4) is 0 Å². The van der Waals surface area contributed by atoms with Crippen LogP contribution in [-0.4, -0.2) is 48.2 Å². The molecule has 2 aliphatic rings. The first-order valence-electron chi connectivity index (χ1n) is 7.68. The third kappa shape index (κ3) is 3.35.